The Morgan fingerprint density at radius 2 is 2.00 bits per heavy atom. The van der Waals surface area contributed by atoms with E-state index in [1.807, 2.05) is 24.3 Å². The molecule has 0 bridgehead atoms. The Morgan fingerprint density at radius 3 is 2.58 bits per heavy atom. The zero-order valence-electron chi connectivity index (χ0n) is 15.1. The van der Waals surface area contributed by atoms with Crippen LogP contribution in [-0.4, -0.2) is 43.5 Å². The van der Waals surface area contributed by atoms with E-state index in [0.717, 1.165) is 16.6 Å². The molecule has 2 atom stereocenters. The molecule has 1 aromatic heterocycles. The highest BCUT2D eigenvalue weighted by molar-refractivity contribution is 9.10. The molecule has 1 aliphatic heterocycles. The third-order valence-electron chi connectivity index (χ3n) is 4.93. The molecule has 1 saturated heterocycles. The second-order valence-electron chi connectivity index (χ2n) is 7.80. The second kappa shape index (κ2) is 6.90. The summed E-state index contributed by atoms with van der Waals surface area (Å²) in [4.78, 5) is 25.4. The predicted molar refractivity (Wildman–Crippen MR) is 102 cm³/mol. The molecule has 1 amide bonds. The second-order valence-corrected chi connectivity index (χ2v) is 8.71. The first kappa shape index (κ1) is 18.7. The Kier molecular flexibility index (Phi) is 4.96. The minimum Gasteiger partial charge on any atom is -0.465 e. The number of aromatic nitrogens is 3. The lowest BCUT2D eigenvalue weighted by molar-refractivity contribution is 0.0906. The molecule has 26 heavy (non-hydrogen) atoms. The summed E-state index contributed by atoms with van der Waals surface area (Å²) in [5, 5.41) is 16.3. The molecule has 2 N–H and O–H groups in total. The molecule has 1 unspecified atom stereocenters. The lowest BCUT2D eigenvalue weighted by atomic mass is 9.78. The van der Waals surface area contributed by atoms with Crippen molar-refractivity contribution in [3.8, 4) is 5.69 Å². The maximum Gasteiger partial charge on any atom is 0.407 e. The summed E-state index contributed by atoms with van der Waals surface area (Å²) in [5.41, 5.74) is 0.253. The normalized spacial score (nSPS) is 20.5. The molecule has 0 radical (unpaired) electrons. The minimum atomic E-state index is -0.889. The fourth-order valence-corrected chi connectivity index (χ4v) is 4.28. The smallest absolute Gasteiger partial charge is 0.407 e. The van der Waals surface area contributed by atoms with E-state index < -0.39 is 6.09 Å². The number of nitrogens with zero attached hydrogens (tertiary/aromatic N) is 3. The Bertz CT molecular complexity index is 851. The fourth-order valence-electron chi connectivity index (χ4n) is 4.02. The predicted octanol–water partition coefficient (Wildman–Crippen LogP) is 3.28. The van der Waals surface area contributed by atoms with Gasteiger partial charge in [-0.1, -0.05) is 36.7 Å². The summed E-state index contributed by atoms with van der Waals surface area (Å²) in [6.07, 6.45) is 0.413. The summed E-state index contributed by atoms with van der Waals surface area (Å²) < 4.78 is 2.50. The van der Waals surface area contributed by atoms with Crippen LogP contribution in [0.25, 0.3) is 5.69 Å². The summed E-state index contributed by atoms with van der Waals surface area (Å²) in [6.45, 7) is 6.67. The molecule has 0 aliphatic carbocycles. The molecule has 2 heterocycles. The monoisotopic (exact) mass is 422 g/mol. The third kappa shape index (κ3) is 3.56. The molecule has 3 rings (SSSR count). The van der Waals surface area contributed by atoms with Crippen molar-refractivity contribution >= 4 is 22.0 Å². The zero-order chi connectivity index (χ0) is 19.1. The first-order valence-electron chi connectivity index (χ1n) is 8.60. The van der Waals surface area contributed by atoms with Crippen LogP contribution in [-0.2, 0) is 6.42 Å². The summed E-state index contributed by atoms with van der Waals surface area (Å²) in [6, 6.07) is 7.33. The van der Waals surface area contributed by atoms with Gasteiger partial charge in [-0.2, -0.15) is 5.10 Å². The largest absolute Gasteiger partial charge is 0.465 e. The van der Waals surface area contributed by atoms with Gasteiger partial charge < -0.3 is 10.0 Å². The highest BCUT2D eigenvalue weighted by Gasteiger charge is 2.44. The molecule has 140 valence electrons. The molecule has 0 spiro atoms. The van der Waals surface area contributed by atoms with Crippen LogP contribution < -0.4 is 5.69 Å². The van der Waals surface area contributed by atoms with E-state index in [2.05, 4.69) is 46.9 Å². The third-order valence-corrected chi connectivity index (χ3v) is 5.46. The molecule has 7 nitrogen and oxygen atoms in total. The van der Waals surface area contributed by atoms with Gasteiger partial charge in [-0.15, -0.1) is 0 Å². The first-order chi connectivity index (χ1) is 12.2. The van der Waals surface area contributed by atoms with Gasteiger partial charge in [0, 0.05) is 23.5 Å². The number of likely N-dealkylation sites (tertiary alicyclic amines) is 1. The molecule has 0 saturated carbocycles. The van der Waals surface area contributed by atoms with Crippen LogP contribution in [0.15, 0.2) is 33.5 Å². The molecule has 1 aliphatic rings. The van der Waals surface area contributed by atoms with E-state index in [-0.39, 0.29) is 23.1 Å². The van der Waals surface area contributed by atoms with Crippen molar-refractivity contribution in [1.29, 1.82) is 0 Å². The van der Waals surface area contributed by atoms with Crippen LogP contribution in [0.3, 0.4) is 0 Å². The van der Waals surface area contributed by atoms with Crippen molar-refractivity contribution in [3.05, 3.63) is 45.0 Å². The number of nitrogens with one attached hydrogen (secondary N) is 1. The van der Waals surface area contributed by atoms with E-state index in [0.29, 0.717) is 18.8 Å². The highest BCUT2D eigenvalue weighted by Crippen LogP contribution is 2.38. The average Bonchev–Trinajstić information content (AvgIpc) is 3.13. The Morgan fingerprint density at radius 1 is 1.35 bits per heavy atom. The van der Waals surface area contributed by atoms with Crippen molar-refractivity contribution in [3.63, 3.8) is 0 Å². The molecule has 1 aromatic carbocycles. The van der Waals surface area contributed by atoms with Crippen LogP contribution in [0.5, 0.6) is 0 Å². The zero-order valence-corrected chi connectivity index (χ0v) is 16.7. The van der Waals surface area contributed by atoms with E-state index in [4.69, 9.17) is 0 Å². The van der Waals surface area contributed by atoms with Crippen LogP contribution in [0, 0.1) is 11.3 Å². The Hall–Kier alpha value is -2.09. The van der Waals surface area contributed by atoms with Crippen molar-refractivity contribution in [2.45, 2.75) is 39.7 Å². The standard InChI is InChI=1S/C18H23BrN4O3/c1-18(2,3)15-11(8-9-22(15)17(25)26)10-14-20-21-16(24)23(14)13-6-4-12(19)5-7-13/h4-7,11,15H,8-10H2,1-3H3,(H,21,24)(H,25,26)/t11-,15?/m0/s1. The maximum absolute atomic E-state index is 12.3. The Labute approximate surface area is 160 Å². The summed E-state index contributed by atoms with van der Waals surface area (Å²) >= 11 is 3.39. The average molecular weight is 423 g/mol. The van der Waals surface area contributed by atoms with Crippen LogP contribution >= 0.6 is 15.9 Å². The summed E-state index contributed by atoms with van der Waals surface area (Å²) in [7, 11) is 0. The van der Waals surface area contributed by atoms with E-state index in [1.165, 1.54) is 4.90 Å². The lowest BCUT2D eigenvalue weighted by Crippen LogP contribution is -2.46. The van der Waals surface area contributed by atoms with Crippen molar-refractivity contribution < 1.29 is 9.90 Å². The first-order valence-corrected chi connectivity index (χ1v) is 9.39. The minimum absolute atomic E-state index is 0.107. The number of rotatable bonds is 3. The lowest BCUT2D eigenvalue weighted by Gasteiger charge is -2.37. The quantitative estimate of drug-likeness (QED) is 0.793. The number of carboxylic acid groups (broad SMARTS) is 1. The molecular formula is C18H23BrN4O3. The topological polar surface area (TPSA) is 91.2 Å². The molecule has 8 heteroatoms. The van der Waals surface area contributed by atoms with Gasteiger partial charge in [-0.3, -0.25) is 0 Å². The molecule has 2 aromatic rings. The molecule has 1 fully saturated rings. The Balaban J connectivity index is 1.93. The number of carbonyl (C=O) groups is 1. The van der Waals surface area contributed by atoms with Gasteiger partial charge in [-0.05, 0) is 42.0 Å². The SMILES string of the molecule is CC(C)(C)C1[C@H](Cc2n[nH]c(=O)n2-c2ccc(Br)cc2)CCN1C(=O)O. The number of amides is 1. The van der Waals surface area contributed by atoms with Crippen LogP contribution in [0.1, 0.15) is 33.0 Å². The maximum atomic E-state index is 12.3. The van der Waals surface area contributed by atoms with Gasteiger partial charge in [0.25, 0.3) is 0 Å². The fraction of sp³-hybridized carbons (Fsp3) is 0.500. The van der Waals surface area contributed by atoms with E-state index in [1.54, 1.807) is 4.57 Å². The number of halogens is 1. The van der Waals surface area contributed by atoms with Gasteiger partial charge in [-0.25, -0.2) is 19.3 Å². The van der Waals surface area contributed by atoms with E-state index in [9.17, 15) is 14.7 Å². The van der Waals surface area contributed by atoms with Gasteiger partial charge >= 0.3 is 11.8 Å². The van der Waals surface area contributed by atoms with Gasteiger partial charge in [0.2, 0.25) is 0 Å². The summed E-state index contributed by atoms with van der Waals surface area (Å²) in [5.74, 6) is 0.735. The van der Waals surface area contributed by atoms with Crippen molar-refractivity contribution in [2.75, 3.05) is 6.54 Å². The van der Waals surface area contributed by atoms with Gasteiger partial charge in [0.1, 0.15) is 5.82 Å². The number of hydrogen-bond donors (Lipinski definition) is 2. The van der Waals surface area contributed by atoms with Crippen LogP contribution in [0.2, 0.25) is 0 Å². The number of benzene rings is 1. The number of hydrogen-bond acceptors (Lipinski definition) is 3. The van der Waals surface area contributed by atoms with Crippen LogP contribution in [0.4, 0.5) is 4.79 Å². The van der Waals surface area contributed by atoms with E-state index >= 15 is 0 Å². The van der Waals surface area contributed by atoms with Crippen molar-refractivity contribution in [2.24, 2.45) is 11.3 Å². The molecular weight excluding hydrogens is 400 g/mol. The highest BCUT2D eigenvalue weighted by atomic mass is 79.9. The van der Waals surface area contributed by atoms with Gasteiger partial charge in [0.05, 0.1) is 5.69 Å². The number of aromatic amines is 1. The number of H-pyrrole nitrogens is 1. The van der Waals surface area contributed by atoms with Crippen molar-refractivity contribution in [1.82, 2.24) is 19.7 Å². The van der Waals surface area contributed by atoms with Gasteiger partial charge in [0.15, 0.2) is 0 Å².